The molecule has 1 unspecified atom stereocenters. The van der Waals surface area contributed by atoms with Crippen LogP contribution < -0.4 is 16.0 Å². The van der Waals surface area contributed by atoms with Crippen molar-refractivity contribution in [1.29, 1.82) is 0 Å². The predicted molar refractivity (Wildman–Crippen MR) is 99.7 cm³/mol. The summed E-state index contributed by atoms with van der Waals surface area (Å²) >= 11 is 12.0. The zero-order chi connectivity index (χ0) is 18.2. The monoisotopic (exact) mass is 379 g/mol. The molecule has 3 N–H and O–H groups in total. The number of carbonyl (C=O) groups is 2. The number of carbonyl (C=O) groups excluding carboxylic acids is 2. The van der Waals surface area contributed by atoms with Crippen LogP contribution >= 0.6 is 23.2 Å². The van der Waals surface area contributed by atoms with E-state index in [0.717, 1.165) is 11.1 Å². The lowest BCUT2D eigenvalue weighted by Crippen LogP contribution is -2.42. The van der Waals surface area contributed by atoms with Gasteiger partial charge in [0.2, 0.25) is 5.91 Å². The Balaban J connectivity index is 1.75. The molecule has 132 valence electrons. The molecule has 2 aromatic carbocycles. The molecule has 0 aromatic heterocycles. The second-order valence-corrected chi connectivity index (χ2v) is 6.32. The van der Waals surface area contributed by atoms with Crippen LogP contribution in [0.3, 0.4) is 0 Å². The summed E-state index contributed by atoms with van der Waals surface area (Å²) in [6.45, 7) is 2.07. The van der Waals surface area contributed by atoms with E-state index in [1.165, 1.54) is 0 Å². The molecule has 5 nitrogen and oxygen atoms in total. The molecule has 0 aliphatic rings. The van der Waals surface area contributed by atoms with Crippen LogP contribution in [0.25, 0.3) is 0 Å². The highest BCUT2D eigenvalue weighted by Crippen LogP contribution is 2.25. The molecule has 0 spiro atoms. The van der Waals surface area contributed by atoms with Gasteiger partial charge in [0.25, 0.3) is 0 Å². The van der Waals surface area contributed by atoms with Gasteiger partial charge < -0.3 is 16.0 Å². The van der Waals surface area contributed by atoms with E-state index in [-0.39, 0.29) is 18.5 Å². The Kier molecular flexibility index (Phi) is 7.10. The molecule has 0 heterocycles. The Labute approximate surface area is 156 Å². The number of hydrogen-bond acceptors (Lipinski definition) is 2. The molecule has 2 rings (SSSR count). The second-order valence-electron chi connectivity index (χ2n) is 5.48. The maximum Gasteiger partial charge on any atom is 0.315 e. The summed E-state index contributed by atoms with van der Waals surface area (Å²) in [5.41, 5.74) is 1.74. The van der Waals surface area contributed by atoms with E-state index in [4.69, 9.17) is 23.2 Å². The van der Waals surface area contributed by atoms with Crippen molar-refractivity contribution in [2.24, 2.45) is 0 Å². The molecule has 25 heavy (non-hydrogen) atoms. The lowest BCUT2D eigenvalue weighted by molar-refractivity contribution is -0.120. The first-order chi connectivity index (χ1) is 12.0. The zero-order valence-corrected chi connectivity index (χ0v) is 15.2. The van der Waals surface area contributed by atoms with E-state index >= 15 is 0 Å². The van der Waals surface area contributed by atoms with E-state index in [1.54, 1.807) is 18.2 Å². The van der Waals surface area contributed by atoms with Crippen molar-refractivity contribution in [1.82, 2.24) is 16.0 Å². The van der Waals surface area contributed by atoms with Crippen LogP contribution in [0.5, 0.6) is 0 Å². The van der Waals surface area contributed by atoms with Gasteiger partial charge in [-0.25, -0.2) is 4.79 Å². The number of halogens is 2. The van der Waals surface area contributed by atoms with Crippen LogP contribution in [0.15, 0.2) is 48.5 Å². The Morgan fingerprint density at radius 1 is 1.04 bits per heavy atom. The van der Waals surface area contributed by atoms with E-state index in [1.807, 2.05) is 37.3 Å². The summed E-state index contributed by atoms with van der Waals surface area (Å²) in [4.78, 5) is 23.7. The van der Waals surface area contributed by atoms with Gasteiger partial charge in [-0.3, -0.25) is 4.79 Å². The summed E-state index contributed by atoms with van der Waals surface area (Å²) in [6, 6.07) is 13.9. The summed E-state index contributed by atoms with van der Waals surface area (Å²) in [5.74, 6) is -0.312. The number of hydrogen-bond donors (Lipinski definition) is 3. The highest BCUT2D eigenvalue weighted by Gasteiger charge is 2.13. The third-order valence-electron chi connectivity index (χ3n) is 3.51. The number of urea groups is 1. The van der Waals surface area contributed by atoms with Crippen molar-refractivity contribution in [3.05, 3.63) is 69.7 Å². The summed E-state index contributed by atoms with van der Waals surface area (Å²) in [6.07, 6.45) is 0. The molecular weight excluding hydrogens is 361 g/mol. The van der Waals surface area contributed by atoms with Gasteiger partial charge in [-0.2, -0.15) is 0 Å². The SMILES string of the molecule is CC(NC(=O)CNC(=O)NCc1ccccc1)c1ccc(Cl)cc1Cl. The van der Waals surface area contributed by atoms with Gasteiger partial charge in [0.1, 0.15) is 0 Å². The predicted octanol–water partition coefficient (Wildman–Crippen LogP) is 3.67. The molecule has 0 aliphatic heterocycles. The van der Waals surface area contributed by atoms with Crippen molar-refractivity contribution in [2.75, 3.05) is 6.54 Å². The van der Waals surface area contributed by atoms with Gasteiger partial charge in [-0.15, -0.1) is 0 Å². The van der Waals surface area contributed by atoms with Gasteiger partial charge in [0.15, 0.2) is 0 Å². The fraction of sp³-hybridized carbons (Fsp3) is 0.222. The van der Waals surface area contributed by atoms with Crippen molar-refractivity contribution in [2.45, 2.75) is 19.5 Å². The highest BCUT2D eigenvalue weighted by atomic mass is 35.5. The van der Waals surface area contributed by atoms with Crippen molar-refractivity contribution >= 4 is 35.1 Å². The van der Waals surface area contributed by atoms with E-state index in [0.29, 0.717) is 16.6 Å². The minimum Gasteiger partial charge on any atom is -0.348 e. The number of benzene rings is 2. The van der Waals surface area contributed by atoms with Gasteiger partial charge in [-0.1, -0.05) is 59.6 Å². The topological polar surface area (TPSA) is 70.2 Å². The molecule has 7 heteroatoms. The van der Waals surface area contributed by atoms with Gasteiger partial charge >= 0.3 is 6.03 Å². The number of rotatable bonds is 6. The highest BCUT2D eigenvalue weighted by molar-refractivity contribution is 6.35. The third kappa shape index (κ3) is 6.29. The van der Waals surface area contributed by atoms with Crippen LogP contribution in [0.1, 0.15) is 24.1 Å². The zero-order valence-electron chi connectivity index (χ0n) is 13.7. The van der Waals surface area contributed by atoms with Gasteiger partial charge in [0, 0.05) is 16.6 Å². The van der Waals surface area contributed by atoms with E-state index in [9.17, 15) is 9.59 Å². The largest absolute Gasteiger partial charge is 0.348 e. The first kappa shape index (κ1) is 19.1. The molecule has 0 saturated heterocycles. The molecule has 3 amide bonds. The maximum absolute atomic E-state index is 12.0. The minimum absolute atomic E-state index is 0.129. The van der Waals surface area contributed by atoms with Crippen LogP contribution in [-0.2, 0) is 11.3 Å². The normalized spacial score (nSPS) is 11.5. The Hall–Kier alpha value is -2.24. The van der Waals surface area contributed by atoms with Gasteiger partial charge in [0.05, 0.1) is 12.6 Å². The minimum atomic E-state index is -0.406. The molecule has 0 saturated carbocycles. The summed E-state index contributed by atoms with van der Waals surface area (Å²) in [5, 5.41) is 8.99. The van der Waals surface area contributed by atoms with Crippen LogP contribution in [0.4, 0.5) is 4.79 Å². The van der Waals surface area contributed by atoms with Crippen LogP contribution in [0, 0.1) is 0 Å². The van der Waals surface area contributed by atoms with E-state index < -0.39 is 6.03 Å². The molecule has 0 bridgehead atoms. The Bertz CT molecular complexity index is 738. The maximum atomic E-state index is 12.0. The van der Waals surface area contributed by atoms with Crippen molar-refractivity contribution < 1.29 is 9.59 Å². The molecule has 0 radical (unpaired) electrons. The molecular formula is C18H19Cl2N3O2. The summed E-state index contributed by atoms with van der Waals surface area (Å²) < 4.78 is 0. The second kappa shape index (κ2) is 9.30. The average molecular weight is 380 g/mol. The lowest BCUT2D eigenvalue weighted by Gasteiger charge is -2.16. The molecule has 2 aromatic rings. The molecule has 0 aliphatic carbocycles. The summed E-state index contributed by atoms with van der Waals surface area (Å²) in [7, 11) is 0. The smallest absolute Gasteiger partial charge is 0.315 e. The fourth-order valence-electron chi connectivity index (χ4n) is 2.22. The van der Waals surface area contributed by atoms with Crippen molar-refractivity contribution in [3.8, 4) is 0 Å². The third-order valence-corrected chi connectivity index (χ3v) is 4.07. The van der Waals surface area contributed by atoms with E-state index in [2.05, 4.69) is 16.0 Å². The van der Waals surface area contributed by atoms with Crippen molar-refractivity contribution in [3.63, 3.8) is 0 Å². The Morgan fingerprint density at radius 2 is 1.76 bits per heavy atom. The first-order valence-electron chi connectivity index (χ1n) is 7.75. The quantitative estimate of drug-likeness (QED) is 0.716. The molecule has 0 fully saturated rings. The fourth-order valence-corrected chi connectivity index (χ4v) is 2.80. The van der Waals surface area contributed by atoms with Crippen LogP contribution in [0.2, 0.25) is 10.0 Å². The standard InChI is InChI=1S/C18H19Cl2N3O2/c1-12(15-8-7-14(19)9-16(15)20)23-17(24)11-22-18(25)21-10-13-5-3-2-4-6-13/h2-9,12H,10-11H2,1H3,(H,23,24)(H2,21,22,25). The Morgan fingerprint density at radius 3 is 2.44 bits per heavy atom. The van der Waals surface area contributed by atoms with Crippen LogP contribution in [-0.4, -0.2) is 18.5 Å². The first-order valence-corrected chi connectivity index (χ1v) is 8.51. The van der Waals surface area contributed by atoms with Gasteiger partial charge in [-0.05, 0) is 30.2 Å². The number of amides is 3. The lowest BCUT2D eigenvalue weighted by atomic mass is 10.1. The molecule has 1 atom stereocenters. The number of nitrogens with one attached hydrogen (secondary N) is 3. The average Bonchev–Trinajstić information content (AvgIpc) is 2.59.